The Balaban J connectivity index is 1.42. The highest BCUT2D eigenvalue weighted by Crippen LogP contribution is 2.21. The summed E-state index contributed by atoms with van der Waals surface area (Å²) in [6, 6.07) is 9.31. The Morgan fingerprint density at radius 3 is 2.83 bits per heavy atom. The monoisotopic (exact) mass is 345 g/mol. The number of amides is 2. The fourth-order valence-electron chi connectivity index (χ4n) is 2.06. The largest absolute Gasteiger partial charge is 0.469 e. The summed E-state index contributed by atoms with van der Waals surface area (Å²) in [7, 11) is 0. The number of carbonyl (C=O) groups is 2. The number of carbonyl (C=O) groups excluding carboxylic acids is 2. The van der Waals surface area contributed by atoms with Crippen LogP contribution in [0.5, 0.6) is 0 Å². The molecular formula is C16H15N3O4S. The normalized spacial score (nSPS) is 10.7. The predicted molar refractivity (Wildman–Crippen MR) is 88.3 cm³/mol. The molecule has 0 unspecified atom stereocenters. The number of hydrazine groups is 1. The average Bonchev–Trinajstić information content (AvgIpc) is 3.18. The lowest BCUT2D eigenvalue weighted by atomic mass is 10.2. The minimum absolute atomic E-state index is 0.180. The van der Waals surface area contributed by atoms with Gasteiger partial charge in [-0.2, -0.15) is 0 Å². The van der Waals surface area contributed by atoms with Gasteiger partial charge in [-0.3, -0.25) is 20.4 Å². The summed E-state index contributed by atoms with van der Waals surface area (Å²) in [4.78, 5) is 27.9. The lowest BCUT2D eigenvalue weighted by molar-refractivity contribution is -0.126. The molecule has 0 bridgehead atoms. The first-order valence-corrected chi connectivity index (χ1v) is 8.00. The van der Waals surface area contributed by atoms with Crippen molar-refractivity contribution in [2.24, 2.45) is 0 Å². The van der Waals surface area contributed by atoms with E-state index in [1.807, 2.05) is 24.3 Å². The van der Waals surface area contributed by atoms with Crippen LogP contribution in [0.2, 0.25) is 0 Å². The van der Waals surface area contributed by atoms with Crippen LogP contribution in [0.15, 0.2) is 41.0 Å². The fourth-order valence-corrected chi connectivity index (χ4v) is 2.97. The molecule has 2 N–H and O–H groups in total. The first-order chi connectivity index (χ1) is 11.6. The molecule has 3 rings (SSSR count). The number of para-hydroxylation sites is 1. The molecule has 0 aliphatic heterocycles. The highest BCUT2D eigenvalue weighted by atomic mass is 32.1. The maximum absolute atomic E-state index is 11.8. The van der Waals surface area contributed by atoms with Gasteiger partial charge < -0.3 is 9.15 Å². The van der Waals surface area contributed by atoms with Crippen LogP contribution < -0.4 is 10.9 Å². The minimum atomic E-state index is -0.453. The molecule has 0 radical (unpaired) electrons. The van der Waals surface area contributed by atoms with Crippen molar-refractivity contribution in [3.8, 4) is 0 Å². The molecule has 0 spiro atoms. The summed E-state index contributed by atoms with van der Waals surface area (Å²) >= 11 is 1.52. The maximum atomic E-state index is 11.8. The summed E-state index contributed by atoms with van der Waals surface area (Å²) in [6.07, 6.45) is 1.41. The van der Waals surface area contributed by atoms with Crippen LogP contribution >= 0.6 is 11.3 Å². The lowest BCUT2D eigenvalue weighted by Crippen LogP contribution is -2.43. The van der Waals surface area contributed by atoms with Gasteiger partial charge in [-0.25, -0.2) is 4.98 Å². The molecular weight excluding hydrogens is 330 g/mol. The highest BCUT2D eigenvalue weighted by molar-refractivity contribution is 7.18. The van der Waals surface area contributed by atoms with E-state index < -0.39 is 11.8 Å². The number of furan rings is 1. The molecule has 3 aromatic rings. The maximum Gasteiger partial charge on any atom is 0.273 e. The Morgan fingerprint density at radius 2 is 2.08 bits per heavy atom. The van der Waals surface area contributed by atoms with E-state index in [-0.39, 0.29) is 13.2 Å². The molecule has 0 saturated heterocycles. The van der Waals surface area contributed by atoms with E-state index in [0.29, 0.717) is 11.3 Å². The number of nitrogens with zero attached hydrogens (tertiary/aromatic N) is 1. The summed E-state index contributed by atoms with van der Waals surface area (Å²) in [5, 5.41) is 0.794. The fraction of sp³-hybridized carbons (Fsp3) is 0.188. The van der Waals surface area contributed by atoms with Crippen molar-refractivity contribution in [1.29, 1.82) is 0 Å². The van der Waals surface area contributed by atoms with E-state index >= 15 is 0 Å². The van der Waals surface area contributed by atoms with Crippen molar-refractivity contribution in [3.05, 3.63) is 52.9 Å². The van der Waals surface area contributed by atoms with E-state index in [1.54, 1.807) is 6.92 Å². The van der Waals surface area contributed by atoms with Crippen molar-refractivity contribution in [3.63, 3.8) is 0 Å². The van der Waals surface area contributed by atoms with Gasteiger partial charge in [0.25, 0.3) is 11.8 Å². The van der Waals surface area contributed by atoms with E-state index in [0.717, 1.165) is 15.2 Å². The Bertz CT molecular complexity index is 838. The zero-order valence-electron chi connectivity index (χ0n) is 12.9. The van der Waals surface area contributed by atoms with Gasteiger partial charge >= 0.3 is 0 Å². The van der Waals surface area contributed by atoms with Crippen molar-refractivity contribution in [2.75, 3.05) is 6.61 Å². The standard InChI is InChI=1S/C16H15N3O4S/c1-10-11(6-7-23-10)16(21)19-18-14(20)8-22-9-15-17-12-4-2-3-5-13(12)24-15/h2-7H,8-9H2,1H3,(H,18,20)(H,19,21). The van der Waals surface area contributed by atoms with Crippen molar-refractivity contribution in [1.82, 2.24) is 15.8 Å². The number of thiazole rings is 1. The van der Waals surface area contributed by atoms with Gasteiger partial charge in [0.05, 0.1) is 28.7 Å². The third-order valence-electron chi connectivity index (χ3n) is 3.22. The van der Waals surface area contributed by atoms with Gasteiger partial charge in [0.15, 0.2) is 0 Å². The molecule has 0 atom stereocenters. The number of rotatable bonds is 5. The SMILES string of the molecule is Cc1occc1C(=O)NNC(=O)COCc1nc2ccccc2s1. The van der Waals surface area contributed by atoms with Crippen molar-refractivity contribution < 1.29 is 18.7 Å². The number of benzene rings is 1. The number of ether oxygens (including phenoxy) is 1. The van der Waals surface area contributed by atoms with Crippen LogP contribution in [0.25, 0.3) is 10.2 Å². The number of nitrogens with one attached hydrogen (secondary N) is 2. The Hall–Kier alpha value is -2.71. The van der Waals surface area contributed by atoms with Crippen LogP contribution in [0, 0.1) is 6.92 Å². The Kier molecular flexibility index (Phi) is 4.88. The molecule has 8 heteroatoms. The first kappa shape index (κ1) is 16.2. The molecule has 0 aliphatic carbocycles. The van der Waals surface area contributed by atoms with Crippen molar-refractivity contribution >= 4 is 33.4 Å². The van der Waals surface area contributed by atoms with Crippen LogP contribution in [0.4, 0.5) is 0 Å². The van der Waals surface area contributed by atoms with E-state index in [4.69, 9.17) is 9.15 Å². The van der Waals surface area contributed by atoms with E-state index in [2.05, 4.69) is 15.8 Å². The molecule has 24 heavy (non-hydrogen) atoms. The number of aromatic nitrogens is 1. The van der Waals surface area contributed by atoms with Gasteiger partial charge in [-0.15, -0.1) is 11.3 Å². The second kappa shape index (κ2) is 7.24. The molecule has 7 nitrogen and oxygen atoms in total. The molecule has 2 amide bonds. The average molecular weight is 345 g/mol. The smallest absolute Gasteiger partial charge is 0.273 e. The van der Waals surface area contributed by atoms with Crippen LogP contribution in [-0.4, -0.2) is 23.4 Å². The second-order valence-corrected chi connectivity index (χ2v) is 6.08. The molecule has 1 aromatic carbocycles. The predicted octanol–water partition coefficient (Wildman–Crippen LogP) is 2.18. The molecule has 2 heterocycles. The van der Waals surface area contributed by atoms with Gasteiger partial charge in [-0.05, 0) is 25.1 Å². The zero-order valence-corrected chi connectivity index (χ0v) is 13.7. The number of aryl methyl sites for hydroxylation is 1. The van der Waals surface area contributed by atoms with Gasteiger partial charge in [-0.1, -0.05) is 12.1 Å². The van der Waals surface area contributed by atoms with Crippen LogP contribution in [-0.2, 0) is 16.1 Å². The summed E-state index contributed by atoms with van der Waals surface area (Å²) in [6.45, 7) is 1.72. The first-order valence-electron chi connectivity index (χ1n) is 7.19. The summed E-state index contributed by atoms with van der Waals surface area (Å²) in [5.41, 5.74) is 5.87. The van der Waals surface area contributed by atoms with E-state index in [9.17, 15) is 9.59 Å². The quantitative estimate of drug-likeness (QED) is 0.691. The Morgan fingerprint density at radius 1 is 1.25 bits per heavy atom. The molecule has 0 aliphatic rings. The molecule has 124 valence electrons. The summed E-state index contributed by atoms with van der Waals surface area (Å²) in [5.74, 6) is -0.416. The third-order valence-corrected chi connectivity index (χ3v) is 4.23. The van der Waals surface area contributed by atoms with Crippen LogP contribution in [0.1, 0.15) is 21.1 Å². The molecule has 2 aromatic heterocycles. The number of fused-ring (bicyclic) bond motifs is 1. The molecule has 0 fully saturated rings. The Labute approximate surface area is 141 Å². The highest BCUT2D eigenvalue weighted by Gasteiger charge is 2.12. The number of hydrogen-bond acceptors (Lipinski definition) is 6. The zero-order chi connectivity index (χ0) is 16.9. The third kappa shape index (κ3) is 3.79. The number of hydrogen-bond donors (Lipinski definition) is 2. The lowest BCUT2D eigenvalue weighted by Gasteiger charge is -2.06. The molecule has 0 saturated carbocycles. The van der Waals surface area contributed by atoms with Gasteiger partial charge in [0.2, 0.25) is 0 Å². The van der Waals surface area contributed by atoms with E-state index in [1.165, 1.54) is 23.7 Å². The second-order valence-electron chi connectivity index (χ2n) is 4.96. The van der Waals surface area contributed by atoms with Crippen molar-refractivity contribution in [2.45, 2.75) is 13.5 Å². The topological polar surface area (TPSA) is 93.5 Å². The van der Waals surface area contributed by atoms with Crippen LogP contribution in [0.3, 0.4) is 0 Å². The summed E-state index contributed by atoms with van der Waals surface area (Å²) < 4.78 is 11.4. The van der Waals surface area contributed by atoms with Gasteiger partial charge in [0.1, 0.15) is 17.4 Å². The minimum Gasteiger partial charge on any atom is -0.469 e. The van der Waals surface area contributed by atoms with Gasteiger partial charge in [0, 0.05) is 0 Å².